The maximum Gasteiger partial charge on any atom is 0.333 e. The van der Waals surface area contributed by atoms with Gasteiger partial charge in [0.15, 0.2) is 0 Å². The second-order valence-corrected chi connectivity index (χ2v) is 22.5. The molecule has 51 heavy (non-hydrogen) atoms. The van der Waals surface area contributed by atoms with Crippen molar-refractivity contribution < 1.29 is 0 Å². The molecule has 0 atom stereocenters. The van der Waals surface area contributed by atoms with Crippen molar-refractivity contribution in [3.05, 3.63) is 138 Å². The molecule has 4 heterocycles. The van der Waals surface area contributed by atoms with E-state index in [1.165, 1.54) is 92.9 Å². The van der Waals surface area contributed by atoms with Gasteiger partial charge in [-0.15, -0.1) is 0 Å². The van der Waals surface area contributed by atoms with E-state index in [1.807, 2.05) is 11.8 Å². The largest absolute Gasteiger partial charge is 0.376 e. The molecule has 5 heteroatoms. The minimum Gasteiger partial charge on any atom is -0.376 e. The van der Waals surface area contributed by atoms with Gasteiger partial charge in [-0.2, -0.15) is 0 Å². The normalized spacial score (nSPS) is 16.7. The van der Waals surface area contributed by atoms with Crippen LogP contribution in [0.1, 0.15) is 56.9 Å². The Labute approximate surface area is 308 Å². The molecule has 10 rings (SSSR count). The van der Waals surface area contributed by atoms with Crippen LogP contribution in [0.3, 0.4) is 0 Å². The molecule has 6 aromatic carbocycles. The number of benzene rings is 6. The Morgan fingerprint density at radius 3 is 2.14 bits per heavy atom. The second kappa shape index (κ2) is 10.3. The van der Waals surface area contributed by atoms with Crippen molar-refractivity contribution in [2.75, 3.05) is 9.71 Å². The highest BCUT2D eigenvalue weighted by atomic mass is 32.2. The van der Waals surface area contributed by atoms with Crippen molar-refractivity contribution >= 4 is 76.4 Å². The van der Waals surface area contributed by atoms with E-state index in [9.17, 15) is 0 Å². The number of aryl methyl sites for hydroxylation is 1. The van der Waals surface area contributed by atoms with Crippen LogP contribution in [0.4, 0.5) is 28.4 Å². The van der Waals surface area contributed by atoms with Crippen LogP contribution in [0, 0.1) is 6.92 Å². The van der Waals surface area contributed by atoms with E-state index in [1.54, 1.807) is 0 Å². The molecule has 0 saturated carbocycles. The fraction of sp³-hybridized carbons (Fsp3) is 0.217. The monoisotopic (exact) mass is 694 g/mol. The van der Waals surface area contributed by atoms with Crippen LogP contribution in [0.15, 0.2) is 125 Å². The number of anilines is 5. The minimum absolute atomic E-state index is 0.0280. The maximum absolute atomic E-state index is 2.71. The summed E-state index contributed by atoms with van der Waals surface area (Å²) in [7, 11) is -2.01. The standard InChI is InChI=1S/C46H43BN2SSi/c1-28-16-9-11-19-35(28)49-37-27-40-33(46(5,6)32-17-10-13-21-39(32)50-40)26-30(37)31-24-29(45(2,3)4)25-38-43(31)47(49)34-18-15-23-42-44(34)48(38)36-20-12-14-22-41(36)51(42,7)8/h9-27H,1-8H3. The summed E-state index contributed by atoms with van der Waals surface area (Å²) < 4.78 is 0. The highest BCUT2D eigenvalue weighted by Gasteiger charge is 2.50. The first-order valence-electron chi connectivity index (χ1n) is 18.4. The third-order valence-electron chi connectivity index (χ3n) is 12.4. The number of nitrogens with zero attached hydrogens (tertiary/aromatic N) is 2. The molecule has 0 fully saturated rings. The van der Waals surface area contributed by atoms with E-state index in [-0.39, 0.29) is 17.7 Å². The summed E-state index contributed by atoms with van der Waals surface area (Å²) in [5, 5.41) is 3.04. The summed E-state index contributed by atoms with van der Waals surface area (Å²) in [6.07, 6.45) is 0. The summed E-state index contributed by atoms with van der Waals surface area (Å²) in [6, 6.07) is 44.7. The summed E-state index contributed by atoms with van der Waals surface area (Å²) in [5.74, 6) is 0. The van der Waals surface area contributed by atoms with Crippen LogP contribution in [-0.4, -0.2) is 14.9 Å². The molecule has 0 N–H and O–H groups in total. The van der Waals surface area contributed by atoms with E-state index >= 15 is 0 Å². The summed E-state index contributed by atoms with van der Waals surface area (Å²) in [4.78, 5) is 8.10. The lowest BCUT2D eigenvalue weighted by Crippen LogP contribution is -2.67. The average molecular weight is 695 g/mol. The van der Waals surface area contributed by atoms with Gasteiger partial charge < -0.3 is 9.71 Å². The summed E-state index contributed by atoms with van der Waals surface area (Å²) in [6.45, 7) is 19.3. The highest BCUT2D eigenvalue weighted by molar-refractivity contribution is 7.99. The molecule has 0 saturated heterocycles. The van der Waals surface area contributed by atoms with Gasteiger partial charge >= 0.3 is 6.85 Å². The maximum atomic E-state index is 2.71. The third kappa shape index (κ3) is 4.13. The van der Waals surface area contributed by atoms with E-state index in [0.29, 0.717) is 0 Å². The van der Waals surface area contributed by atoms with Crippen LogP contribution in [0.5, 0.6) is 0 Å². The lowest BCUT2D eigenvalue weighted by Gasteiger charge is -2.51. The summed E-state index contributed by atoms with van der Waals surface area (Å²) in [5.41, 5.74) is 17.6. The van der Waals surface area contributed by atoms with Crippen molar-refractivity contribution in [1.29, 1.82) is 0 Å². The van der Waals surface area contributed by atoms with Gasteiger partial charge in [-0.05, 0) is 97.9 Å². The molecule has 0 unspecified atom stereocenters. The van der Waals surface area contributed by atoms with Gasteiger partial charge in [-0.25, -0.2) is 0 Å². The number of fused-ring (bicyclic) bond motifs is 8. The molecule has 0 radical (unpaired) electrons. The highest BCUT2D eigenvalue weighted by Crippen LogP contribution is 2.55. The van der Waals surface area contributed by atoms with Gasteiger partial charge in [0.05, 0.1) is 0 Å². The molecule has 6 aromatic rings. The number of rotatable bonds is 1. The molecule has 4 aliphatic heterocycles. The van der Waals surface area contributed by atoms with Crippen LogP contribution >= 0.6 is 11.8 Å². The zero-order chi connectivity index (χ0) is 35.2. The Kier molecular flexibility index (Phi) is 6.34. The molecule has 0 spiro atoms. The van der Waals surface area contributed by atoms with Crippen molar-refractivity contribution in [3.8, 4) is 11.1 Å². The predicted octanol–water partition coefficient (Wildman–Crippen LogP) is 9.93. The molecule has 0 bridgehead atoms. The zero-order valence-electron chi connectivity index (χ0n) is 30.8. The molecular formula is C46H43BN2SSi. The Bertz CT molecular complexity index is 2490. The van der Waals surface area contributed by atoms with Crippen LogP contribution < -0.4 is 31.0 Å². The number of para-hydroxylation sites is 3. The molecule has 250 valence electrons. The molecule has 0 aliphatic carbocycles. The van der Waals surface area contributed by atoms with Crippen molar-refractivity contribution in [2.24, 2.45) is 0 Å². The molecular weight excluding hydrogens is 651 g/mol. The van der Waals surface area contributed by atoms with E-state index in [4.69, 9.17) is 0 Å². The van der Waals surface area contributed by atoms with Crippen LogP contribution in [0.2, 0.25) is 13.1 Å². The van der Waals surface area contributed by atoms with Gasteiger partial charge in [0.25, 0.3) is 0 Å². The fourth-order valence-corrected chi connectivity index (χ4v) is 14.0. The lowest BCUT2D eigenvalue weighted by atomic mass is 9.43. The lowest BCUT2D eigenvalue weighted by molar-refractivity contribution is 0.590. The first-order chi connectivity index (χ1) is 24.4. The Morgan fingerprint density at radius 1 is 0.647 bits per heavy atom. The van der Waals surface area contributed by atoms with Gasteiger partial charge in [-0.1, -0.05) is 138 Å². The SMILES string of the molecule is Cc1ccccc1N1B2c3cccc4c3N(c3ccccc3[Si]4(C)C)c3cc(C(C)(C)C)cc(c32)-c2cc3c(cc21)Sc1ccccc1C3(C)C. The van der Waals surface area contributed by atoms with Crippen molar-refractivity contribution in [1.82, 2.24) is 0 Å². The molecule has 0 amide bonds. The van der Waals surface area contributed by atoms with E-state index in [2.05, 4.69) is 180 Å². The van der Waals surface area contributed by atoms with Gasteiger partial charge in [0, 0.05) is 49.2 Å². The van der Waals surface area contributed by atoms with Crippen LogP contribution in [0.25, 0.3) is 11.1 Å². The molecule has 2 nitrogen and oxygen atoms in total. The molecule has 4 aliphatic rings. The zero-order valence-corrected chi connectivity index (χ0v) is 32.7. The van der Waals surface area contributed by atoms with Crippen LogP contribution in [-0.2, 0) is 10.8 Å². The topological polar surface area (TPSA) is 6.48 Å². The Hall–Kier alpha value is -4.45. The fourth-order valence-electron chi connectivity index (χ4n) is 9.57. The minimum atomic E-state index is -2.01. The van der Waals surface area contributed by atoms with E-state index < -0.39 is 8.07 Å². The van der Waals surface area contributed by atoms with Crippen molar-refractivity contribution in [3.63, 3.8) is 0 Å². The Balaban J connectivity index is 1.37. The van der Waals surface area contributed by atoms with Gasteiger partial charge in [0.2, 0.25) is 0 Å². The first-order valence-corrected chi connectivity index (χ1v) is 22.2. The second-order valence-electron chi connectivity index (χ2n) is 17.1. The average Bonchev–Trinajstić information content (AvgIpc) is 3.10. The van der Waals surface area contributed by atoms with Gasteiger partial charge in [0.1, 0.15) is 8.07 Å². The third-order valence-corrected chi connectivity index (χ3v) is 17.0. The smallest absolute Gasteiger partial charge is 0.333 e. The van der Waals surface area contributed by atoms with E-state index in [0.717, 1.165) is 0 Å². The molecule has 0 aromatic heterocycles. The predicted molar refractivity (Wildman–Crippen MR) is 223 cm³/mol. The quantitative estimate of drug-likeness (QED) is 0.158. The number of hydrogen-bond donors (Lipinski definition) is 0. The summed E-state index contributed by atoms with van der Waals surface area (Å²) >= 11 is 1.94. The number of hydrogen-bond acceptors (Lipinski definition) is 3. The Morgan fingerprint density at radius 2 is 1.35 bits per heavy atom. The van der Waals surface area contributed by atoms with Gasteiger partial charge in [-0.3, -0.25) is 0 Å². The van der Waals surface area contributed by atoms with Crippen molar-refractivity contribution in [2.45, 2.75) is 75.3 Å². The first kappa shape index (κ1) is 31.3.